The molecule has 0 aliphatic heterocycles. The van der Waals surface area contributed by atoms with Crippen molar-refractivity contribution in [2.24, 2.45) is 5.41 Å². The highest BCUT2D eigenvalue weighted by Gasteiger charge is 2.45. The minimum Gasteiger partial charge on any atom is -0.468 e. The molecule has 0 fully saturated rings. The van der Waals surface area contributed by atoms with Crippen molar-refractivity contribution in [3.8, 4) is 0 Å². The molecule has 4 nitrogen and oxygen atoms in total. The summed E-state index contributed by atoms with van der Waals surface area (Å²) >= 11 is 0. The first-order chi connectivity index (χ1) is 9.16. The van der Waals surface area contributed by atoms with Crippen LogP contribution in [-0.2, 0) is 19.4 Å². The summed E-state index contributed by atoms with van der Waals surface area (Å²) in [5.41, 5.74) is 0.0122. The maximum atomic E-state index is 12.7. The molecule has 0 saturated heterocycles. The van der Waals surface area contributed by atoms with Gasteiger partial charge in [0.1, 0.15) is 0 Å². The van der Waals surface area contributed by atoms with Gasteiger partial charge in [-0.2, -0.15) is 0 Å². The smallest absolute Gasteiger partial charge is 0.325 e. The van der Waals surface area contributed by atoms with Gasteiger partial charge in [-0.1, -0.05) is 37.6 Å². The standard InChI is InChI=1S/C15H20O4S/c1-6-15(3,4)13(14(16)19-5)20(17,18)12-9-7-11(2)8-10-12/h6-10,13H,1H2,2-5H3. The summed E-state index contributed by atoms with van der Waals surface area (Å²) in [6.45, 7) is 8.77. The number of carbonyl (C=O) groups is 1. The van der Waals surface area contributed by atoms with Gasteiger partial charge in [-0.05, 0) is 19.1 Å². The van der Waals surface area contributed by atoms with Gasteiger partial charge in [0.15, 0.2) is 15.1 Å². The van der Waals surface area contributed by atoms with Gasteiger partial charge in [-0.3, -0.25) is 4.79 Å². The van der Waals surface area contributed by atoms with E-state index in [0.29, 0.717) is 0 Å². The van der Waals surface area contributed by atoms with E-state index < -0.39 is 26.5 Å². The first-order valence-electron chi connectivity index (χ1n) is 6.19. The third kappa shape index (κ3) is 3.10. The van der Waals surface area contributed by atoms with Crippen LogP contribution in [0.3, 0.4) is 0 Å². The Hall–Kier alpha value is -1.62. The van der Waals surface area contributed by atoms with Gasteiger partial charge >= 0.3 is 5.97 Å². The summed E-state index contributed by atoms with van der Waals surface area (Å²) in [5, 5.41) is -1.32. The van der Waals surface area contributed by atoms with Gasteiger partial charge in [0.25, 0.3) is 0 Å². The van der Waals surface area contributed by atoms with Crippen molar-refractivity contribution >= 4 is 15.8 Å². The maximum Gasteiger partial charge on any atom is 0.325 e. The number of esters is 1. The molecule has 0 heterocycles. The van der Waals surface area contributed by atoms with Crippen molar-refractivity contribution in [1.82, 2.24) is 0 Å². The first-order valence-corrected chi connectivity index (χ1v) is 7.73. The molecule has 0 amide bonds. The fourth-order valence-electron chi connectivity index (χ4n) is 1.91. The zero-order valence-corrected chi connectivity index (χ0v) is 13.0. The predicted molar refractivity (Wildman–Crippen MR) is 78.1 cm³/mol. The number of allylic oxidation sites excluding steroid dienone is 1. The predicted octanol–water partition coefficient (Wildman–Crippen LogP) is 2.52. The van der Waals surface area contributed by atoms with Crippen molar-refractivity contribution < 1.29 is 17.9 Å². The van der Waals surface area contributed by atoms with E-state index in [1.807, 2.05) is 6.92 Å². The molecule has 110 valence electrons. The van der Waals surface area contributed by atoms with Crippen molar-refractivity contribution in [1.29, 1.82) is 0 Å². The lowest BCUT2D eigenvalue weighted by atomic mass is 9.89. The molecular formula is C15H20O4S. The number of aryl methyl sites for hydroxylation is 1. The molecule has 0 aromatic heterocycles. The molecule has 1 atom stereocenters. The highest BCUT2D eigenvalue weighted by atomic mass is 32.2. The van der Waals surface area contributed by atoms with Crippen molar-refractivity contribution in [2.45, 2.75) is 30.9 Å². The number of rotatable bonds is 5. The molecule has 1 unspecified atom stereocenters. The molecule has 0 spiro atoms. The fraction of sp³-hybridized carbons (Fsp3) is 0.400. The molecule has 0 N–H and O–H groups in total. The van der Waals surface area contributed by atoms with Crippen molar-refractivity contribution in [3.05, 3.63) is 42.5 Å². The van der Waals surface area contributed by atoms with E-state index >= 15 is 0 Å². The van der Waals surface area contributed by atoms with E-state index in [1.165, 1.54) is 25.3 Å². The zero-order valence-electron chi connectivity index (χ0n) is 12.2. The van der Waals surface area contributed by atoms with Crippen LogP contribution in [0.25, 0.3) is 0 Å². The molecule has 0 aliphatic carbocycles. The summed E-state index contributed by atoms with van der Waals surface area (Å²) in [6, 6.07) is 6.39. The lowest BCUT2D eigenvalue weighted by molar-refractivity contribution is -0.141. The Balaban J connectivity index is 3.43. The Kier molecular flexibility index (Phi) is 4.76. The molecule has 20 heavy (non-hydrogen) atoms. The normalized spacial score (nSPS) is 13.6. The monoisotopic (exact) mass is 296 g/mol. The summed E-state index contributed by atoms with van der Waals surface area (Å²) in [4.78, 5) is 12.1. The Morgan fingerprint density at radius 1 is 1.30 bits per heavy atom. The molecule has 0 radical (unpaired) electrons. The van der Waals surface area contributed by atoms with Crippen molar-refractivity contribution in [2.75, 3.05) is 7.11 Å². The lowest BCUT2D eigenvalue weighted by Gasteiger charge is -2.28. The number of sulfone groups is 1. The van der Waals surface area contributed by atoms with Gasteiger partial charge in [0, 0.05) is 5.41 Å². The average Bonchev–Trinajstić information content (AvgIpc) is 2.38. The minimum atomic E-state index is -3.84. The van der Waals surface area contributed by atoms with E-state index in [1.54, 1.807) is 26.0 Å². The first kappa shape index (κ1) is 16.4. The minimum absolute atomic E-state index is 0.105. The molecule has 5 heteroatoms. The zero-order chi connectivity index (χ0) is 15.6. The van der Waals surface area contributed by atoms with Gasteiger partial charge in [0.2, 0.25) is 0 Å². The molecule has 1 rings (SSSR count). The highest BCUT2D eigenvalue weighted by Crippen LogP contribution is 2.32. The van der Waals surface area contributed by atoms with Crippen LogP contribution in [0.4, 0.5) is 0 Å². The Morgan fingerprint density at radius 3 is 2.20 bits per heavy atom. The molecule has 0 saturated carbocycles. The number of ether oxygens (including phenoxy) is 1. The lowest BCUT2D eigenvalue weighted by Crippen LogP contribution is -2.42. The van der Waals surface area contributed by atoms with E-state index in [4.69, 9.17) is 0 Å². The second-order valence-corrected chi connectivity index (χ2v) is 7.32. The quantitative estimate of drug-likeness (QED) is 0.619. The molecule has 0 aliphatic rings. The number of carbonyl (C=O) groups excluding carboxylic acids is 1. The van der Waals surface area contributed by atoms with Crippen LogP contribution in [0.1, 0.15) is 19.4 Å². The summed E-state index contributed by atoms with van der Waals surface area (Å²) < 4.78 is 30.1. The summed E-state index contributed by atoms with van der Waals surface area (Å²) in [7, 11) is -2.67. The summed E-state index contributed by atoms with van der Waals surface area (Å²) in [5.74, 6) is -0.782. The number of benzene rings is 1. The average molecular weight is 296 g/mol. The molecule has 1 aromatic carbocycles. The third-order valence-electron chi connectivity index (χ3n) is 3.28. The van der Waals surface area contributed by atoms with E-state index in [2.05, 4.69) is 11.3 Å². The SMILES string of the molecule is C=CC(C)(C)C(C(=O)OC)S(=O)(=O)c1ccc(C)cc1. The maximum absolute atomic E-state index is 12.7. The number of methoxy groups -OCH3 is 1. The van der Waals surface area contributed by atoms with E-state index in [9.17, 15) is 13.2 Å². The summed E-state index contributed by atoms with van der Waals surface area (Å²) in [6.07, 6.45) is 1.46. The second kappa shape index (κ2) is 5.79. The van der Waals surface area contributed by atoms with Crippen LogP contribution < -0.4 is 0 Å². The molecule has 0 bridgehead atoms. The Labute approximate surface area is 120 Å². The molecular weight excluding hydrogens is 276 g/mol. The molecule has 1 aromatic rings. The van der Waals surface area contributed by atoms with Gasteiger partial charge in [-0.15, -0.1) is 6.58 Å². The Morgan fingerprint density at radius 2 is 1.80 bits per heavy atom. The largest absolute Gasteiger partial charge is 0.468 e. The van der Waals surface area contributed by atoms with Crippen LogP contribution in [0.15, 0.2) is 41.8 Å². The number of hydrogen-bond donors (Lipinski definition) is 0. The van der Waals surface area contributed by atoms with Crippen LogP contribution >= 0.6 is 0 Å². The van der Waals surface area contributed by atoms with Gasteiger partial charge in [-0.25, -0.2) is 8.42 Å². The third-order valence-corrected chi connectivity index (χ3v) is 5.63. The van der Waals surface area contributed by atoms with Crippen LogP contribution in [-0.4, -0.2) is 26.7 Å². The van der Waals surface area contributed by atoms with Crippen LogP contribution in [0, 0.1) is 12.3 Å². The van der Waals surface area contributed by atoms with E-state index in [-0.39, 0.29) is 4.90 Å². The van der Waals surface area contributed by atoms with Gasteiger partial charge < -0.3 is 4.74 Å². The highest BCUT2D eigenvalue weighted by molar-refractivity contribution is 7.92. The second-order valence-electron chi connectivity index (χ2n) is 5.29. The van der Waals surface area contributed by atoms with Crippen LogP contribution in [0.5, 0.6) is 0 Å². The number of hydrogen-bond acceptors (Lipinski definition) is 4. The van der Waals surface area contributed by atoms with Gasteiger partial charge in [0.05, 0.1) is 12.0 Å². The van der Waals surface area contributed by atoms with E-state index in [0.717, 1.165) is 5.56 Å². The fourth-order valence-corrected chi connectivity index (χ4v) is 3.94. The Bertz CT molecular complexity index is 597. The van der Waals surface area contributed by atoms with Crippen LogP contribution in [0.2, 0.25) is 0 Å². The van der Waals surface area contributed by atoms with Crippen molar-refractivity contribution in [3.63, 3.8) is 0 Å². The topological polar surface area (TPSA) is 60.4 Å².